The standard InChI is InChI=1S/C19H22N2O5/c20-19(23)21(24)12-14-11-18(14)13-2-1-3-17(10-13)26-16-6-4-15(5-7-16)25-9-8-22/h1-7,10,14,18,22,24H,8-9,11-12H2,(H2,20,23)/t14-,18-/m0/s1. The SMILES string of the molecule is NC(=O)N(O)C[C@@H]1C[C@H]1c1cccc(Oc2ccc(OCCO)cc2)c1. The van der Waals surface area contributed by atoms with E-state index in [1.54, 1.807) is 24.3 Å². The molecule has 2 amide bonds. The molecule has 1 saturated carbocycles. The van der Waals surface area contributed by atoms with Crippen LogP contribution in [0.15, 0.2) is 48.5 Å². The summed E-state index contributed by atoms with van der Waals surface area (Å²) >= 11 is 0. The molecule has 7 nitrogen and oxygen atoms in total. The van der Waals surface area contributed by atoms with Gasteiger partial charge in [-0.1, -0.05) is 12.1 Å². The molecule has 2 aromatic carbocycles. The first-order valence-electron chi connectivity index (χ1n) is 8.44. The predicted octanol–water partition coefficient (Wildman–Crippen LogP) is 2.72. The Morgan fingerprint density at radius 1 is 1.15 bits per heavy atom. The van der Waals surface area contributed by atoms with E-state index < -0.39 is 6.03 Å². The van der Waals surface area contributed by atoms with Crippen molar-refractivity contribution in [2.24, 2.45) is 11.7 Å². The molecule has 26 heavy (non-hydrogen) atoms. The summed E-state index contributed by atoms with van der Waals surface area (Å²) in [6.45, 7) is 0.465. The van der Waals surface area contributed by atoms with Gasteiger partial charge < -0.3 is 20.3 Å². The fourth-order valence-electron chi connectivity index (χ4n) is 2.88. The number of hydrogen-bond acceptors (Lipinski definition) is 5. The third kappa shape index (κ3) is 4.65. The lowest BCUT2D eigenvalue weighted by Gasteiger charge is -2.12. The number of aliphatic hydroxyl groups excluding tert-OH is 1. The van der Waals surface area contributed by atoms with Crippen LogP contribution in [0.4, 0.5) is 4.79 Å². The highest BCUT2D eigenvalue weighted by molar-refractivity contribution is 5.70. The number of nitrogens with two attached hydrogens (primary N) is 1. The molecule has 2 aromatic rings. The first kappa shape index (κ1) is 18.0. The monoisotopic (exact) mass is 358 g/mol. The summed E-state index contributed by atoms with van der Waals surface area (Å²) in [6, 6.07) is 14.1. The van der Waals surface area contributed by atoms with Gasteiger partial charge in [-0.05, 0) is 60.2 Å². The van der Waals surface area contributed by atoms with Crippen molar-refractivity contribution < 1.29 is 24.6 Å². The maximum absolute atomic E-state index is 10.9. The molecule has 0 radical (unpaired) electrons. The van der Waals surface area contributed by atoms with Crippen LogP contribution in [0.2, 0.25) is 0 Å². The number of rotatable bonds is 8. The first-order valence-corrected chi connectivity index (χ1v) is 8.44. The van der Waals surface area contributed by atoms with E-state index in [0.29, 0.717) is 22.3 Å². The van der Waals surface area contributed by atoms with Crippen LogP contribution in [-0.4, -0.2) is 41.2 Å². The van der Waals surface area contributed by atoms with Crippen molar-refractivity contribution in [2.45, 2.75) is 12.3 Å². The van der Waals surface area contributed by atoms with Crippen LogP contribution in [0.3, 0.4) is 0 Å². The van der Waals surface area contributed by atoms with Crippen molar-refractivity contribution in [3.05, 3.63) is 54.1 Å². The Hall–Kier alpha value is -2.77. The van der Waals surface area contributed by atoms with E-state index in [0.717, 1.165) is 12.0 Å². The smallest absolute Gasteiger partial charge is 0.338 e. The van der Waals surface area contributed by atoms with Gasteiger partial charge in [0.05, 0.1) is 13.2 Å². The Morgan fingerprint density at radius 2 is 1.88 bits per heavy atom. The number of ether oxygens (including phenoxy) is 2. The third-order valence-electron chi connectivity index (χ3n) is 4.29. The molecule has 138 valence electrons. The molecule has 0 spiro atoms. The van der Waals surface area contributed by atoms with Crippen LogP contribution in [-0.2, 0) is 0 Å². The van der Waals surface area contributed by atoms with Gasteiger partial charge in [0.1, 0.15) is 23.9 Å². The molecule has 0 saturated heterocycles. The van der Waals surface area contributed by atoms with Crippen molar-refractivity contribution in [1.29, 1.82) is 0 Å². The van der Waals surface area contributed by atoms with E-state index in [4.69, 9.17) is 20.3 Å². The summed E-state index contributed by atoms with van der Waals surface area (Å²) in [6.07, 6.45) is 0.894. The molecule has 1 aliphatic rings. The van der Waals surface area contributed by atoms with Crippen molar-refractivity contribution in [3.63, 3.8) is 0 Å². The molecule has 0 bridgehead atoms. The molecule has 1 fully saturated rings. The van der Waals surface area contributed by atoms with Gasteiger partial charge in [-0.25, -0.2) is 9.86 Å². The molecule has 0 aliphatic heterocycles. The van der Waals surface area contributed by atoms with Gasteiger partial charge in [-0.3, -0.25) is 5.21 Å². The number of carbonyl (C=O) groups excluding carboxylic acids is 1. The van der Waals surface area contributed by atoms with Gasteiger partial charge in [-0.15, -0.1) is 0 Å². The molecule has 2 atom stereocenters. The van der Waals surface area contributed by atoms with Crippen molar-refractivity contribution in [2.75, 3.05) is 19.8 Å². The Balaban J connectivity index is 1.59. The van der Waals surface area contributed by atoms with Gasteiger partial charge in [0, 0.05) is 0 Å². The van der Waals surface area contributed by atoms with Crippen molar-refractivity contribution in [1.82, 2.24) is 5.06 Å². The largest absolute Gasteiger partial charge is 0.491 e. The van der Waals surface area contributed by atoms with Gasteiger partial charge in [0.15, 0.2) is 0 Å². The zero-order valence-electron chi connectivity index (χ0n) is 14.2. The Morgan fingerprint density at radius 3 is 2.58 bits per heavy atom. The van der Waals surface area contributed by atoms with Crippen LogP contribution < -0.4 is 15.2 Å². The van der Waals surface area contributed by atoms with Gasteiger partial charge >= 0.3 is 6.03 Å². The summed E-state index contributed by atoms with van der Waals surface area (Å²) in [5, 5.41) is 18.8. The lowest BCUT2D eigenvalue weighted by molar-refractivity contribution is -0.0431. The topological polar surface area (TPSA) is 105 Å². The second-order valence-electron chi connectivity index (χ2n) is 6.24. The van der Waals surface area contributed by atoms with E-state index in [-0.39, 0.29) is 31.6 Å². The quantitative estimate of drug-likeness (QED) is 0.497. The van der Waals surface area contributed by atoms with E-state index >= 15 is 0 Å². The maximum Gasteiger partial charge on any atom is 0.338 e. The van der Waals surface area contributed by atoms with E-state index in [2.05, 4.69) is 0 Å². The zero-order chi connectivity index (χ0) is 18.5. The third-order valence-corrected chi connectivity index (χ3v) is 4.29. The van der Waals surface area contributed by atoms with Gasteiger partial charge in [0.25, 0.3) is 0 Å². The lowest BCUT2D eigenvalue weighted by atomic mass is 10.1. The predicted molar refractivity (Wildman–Crippen MR) is 94.5 cm³/mol. The molecule has 0 unspecified atom stereocenters. The zero-order valence-corrected chi connectivity index (χ0v) is 14.2. The number of hydrogen-bond donors (Lipinski definition) is 3. The highest BCUT2D eigenvalue weighted by atomic mass is 16.5. The molecular weight excluding hydrogens is 336 g/mol. The number of carbonyl (C=O) groups is 1. The number of amides is 2. The van der Waals surface area contributed by atoms with Crippen LogP contribution in [0.1, 0.15) is 17.9 Å². The number of urea groups is 1. The van der Waals surface area contributed by atoms with Gasteiger partial charge in [-0.2, -0.15) is 0 Å². The Bertz CT molecular complexity index is 750. The minimum Gasteiger partial charge on any atom is -0.491 e. The van der Waals surface area contributed by atoms with Crippen LogP contribution in [0.25, 0.3) is 0 Å². The van der Waals surface area contributed by atoms with E-state index in [1.807, 2.05) is 24.3 Å². The molecule has 7 heteroatoms. The summed E-state index contributed by atoms with van der Waals surface area (Å²) < 4.78 is 11.2. The Labute approximate surface area is 151 Å². The number of hydroxylamine groups is 2. The van der Waals surface area contributed by atoms with Crippen LogP contribution in [0, 0.1) is 5.92 Å². The summed E-state index contributed by atoms with van der Waals surface area (Å²) in [4.78, 5) is 10.9. The molecule has 0 aromatic heterocycles. The number of benzene rings is 2. The van der Waals surface area contributed by atoms with Crippen LogP contribution in [0.5, 0.6) is 17.2 Å². The maximum atomic E-state index is 10.9. The average Bonchev–Trinajstić information content (AvgIpc) is 3.40. The molecule has 3 rings (SSSR count). The molecule has 4 N–H and O–H groups in total. The van der Waals surface area contributed by atoms with E-state index in [1.165, 1.54) is 0 Å². The second-order valence-corrected chi connectivity index (χ2v) is 6.24. The minimum absolute atomic E-state index is 0.0271. The summed E-state index contributed by atoms with van der Waals surface area (Å²) in [5.74, 6) is 2.55. The average molecular weight is 358 g/mol. The highest BCUT2D eigenvalue weighted by Gasteiger charge is 2.40. The van der Waals surface area contributed by atoms with Crippen molar-refractivity contribution >= 4 is 6.03 Å². The van der Waals surface area contributed by atoms with Crippen molar-refractivity contribution in [3.8, 4) is 17.2 Å². The lowest BCUT2D eigenvalue weighted by Crippen LogP contribution is -2.34. The Kier molecular flexibility index (Phi) is 5.60. The summed E-state index contributed by atoms with van der Waals surface area (Å²) in [7, 11) is 0. The summed E-state index contributed by atoms with van der Waals surface area (Å²) in [5.41, 5.74) is 6.14. The highest BCUT2D eigenvalue weighted by Crippen LogP contribution is 2.48. The minimum atomic E-state index is -0.834. The number of primary amides is 1. The fourth-order valence-corrected chi connectivity index (χ4v) is 2.88. The second kappa shape index (κ2) is 8.07. The number of aliphatic hydroxyl groups is 1. The molecule has 0 heterocycles. The normalized spacial score (nSPS) is 18.2. The van der Waals surface area contributed by atoms with Gasteiger partial charge in [0.2, 0.25) is 0 Å². The first-order chi connectivity index (χ1) is 12.6. The fraction of sp³-hybridized carbons (Fsp3) is 0.316. The molecule has 1 aliphatic carbocycles. The molecular formula is C19H22N2O5. The van der Waals surface area contributed by atoms with Crippen LogP contribution >= 0.6 is 0 Å². The number of nitrogens with zero attached hydrogens (tertiary/aromatic N) is 1. The van der Waals surface area contributed by atoms with E-state index in [9.17, 15) is 10.0 Å².